The van der Waals surface area contributed by atoms with E-state index < -0.39 is 0 Å². The molecule has 1 aliphatic heterocycles. The Morgan fingerprint density at radius 2 is 2.25 bits per heavy atom. The third-order valence-corrected chi connectivity index (χ3v) is 2.09. The van der Waals surface area contributed by atoms with Gasteiger partial charge >= 0.3 is 0 Å². The van der Waals surface area contributed by atoms with Gasteiger partial charge in [0.05, 0.1) is 6.61 Å². The predicted molar refractivity (Wildman–Crippen MR) is 30.5 cm³/mol. The quantitative estimate of drug-likeness (QED) is 0.493. The molecule has 0 atom stereocenters. The second kappa shape index (κ2) is 1.45. The van der Waals surface area contributed by atoms with Gasteiger partial charge in [-0.3, -0.25) is 5.32 Å². The Kier molecular flexibility index (Phi) is 0.866. The summed E-state index contributed by atoms with van der Waals surface area (Å²) >= 11 is 0. The van der Waals surface area contributed by atoms with E-state index in [1.807, 2.05) is 0 Å². The Bertz CT molecular complexity index is 90.7. The van der Waals surface area contributed by atoms with Gasteiger partial charge in [-0.25, -0.2) is 0 Å². The van der Waals surface area contributed by atoms with Crippen LogP contribution >= 0.6 is 0 Å². The second-order valence-corrected chi connectivity index (χ2v) is 2.62. The fourth-order valence-electron chi connectivity index (χ4n) is 1.40. The molecule has 1 N–H and O–H groups in total. The molecule has 2 rings (SSSR count). The Morgan fingerprint density at radius 1 is 1.38 bits per heavy atom. The molecule has 1 spiro atoms. The van der Waals surface area contributed by atoms with Gasteiger partial charge in [-0.15, -0.1) is 0 Å². The van der Waals surface area contributed by atoms with Crippen molar-refractivity contribution in [3.8, 4) is 0 Å². The first-order valence-electron chi connectivity index (χ1n) is 3.30. The average Bonchev–Trinajstić information content (AvgIpc) is 2.07. The molecule has 0 radical (unpaired) electrons. The smallest absolute Gasteiger partial charge is 0.119 e. The molecular formula is C6H11NO. The van der Waals surface area contributed by atoms with E-state index in [9.17, 15) is 0 Å². The highest BCUT2D eigenvalue weighted by Crippen LogP contribution is 2.34. The second-order valence-electron chi connectivity index (χ2n) is 2.62. The van der Waals surface area contributed by atoms with Gasteiger partial charge < -0.3 is 4.74 Å². The monoisotopic (exact) mass is 113 g/mol. The van der Waals surface area contributed by atoms with Crippen molar-refractivity contribution in [3.63, 3.8) is 0 Å². The number of nitrogens with one attached hydrogen (secondary N) is 1. The minimum absolute atomic E-state index is 0.167. The first-order chi connectivity index (χ1) is 3.91. The summed E-state index contributed by atoms with van der Waals surface area (Å²) in [5, 5.41) is 3.35. The number of hydrogen-bond acceptors (Lipinski definition) is 2. The molecule has 1 aliphatic carbocycles. The summed E-state index contributed by atoms with van der Waals surface area (Å²) in [5.74, 6) is 0. The topological polar surface area (TPSA) is 21.3 Å². The van der Waals surface area contributed by atoms with Crippen LogP contribution in [-0.4, -0.2) is 18.9 Å². The Balaban J connectivity index is 2.01. The first kappa shape index (κ1) is 4.77. The summed E-state index contributed by atoms with van der Waals surface area (Å²) in [6, 6.07) is 0. The SMILES string of the molecule is C1CC2(C1)NCCO2. The fraction of sp³-hybridized carbons (Fsp3) is 1.00. The predicted octanol–water partition coefficient (Wildman–Crippen LogP) is 0.486. The zero-order chi connectivity index (χ0) is 5.45. The van der Waals surface area contributed by atoms with Crippen LogP contribution in [-0.2, 0) is 4.74 Å². The molecule has 0 aromatic heterocycles. The molecule has 8 heavy (non-hydrogen) atoms. The van der Waals surface area contributed by atoms with Crippen molar-refractivity contribution in [1.82, 2.24) is 5.32 Å². The lowest BCUT2D eigenvalue weighted by Gasteiger charge is -2.36. The molecule has 2 fully saturated rings. The lowest BCUT2D eigenvalue weighted by Crippen LogP contribution is -2.47. The van der Waals surface area contributed by atoms with Gasteiger partial charge in [0.25, 0.3) is 0 Å². The van der Waals surface area contributed by atoms with Crippen LogP contribution in [0, 0.1) is 0 Å². The van der Waals surface area contributed by atoms with Crippen LogP contribution in [0.25, 0.3) is 0 Å². The summed E-state index contributed by atoms with van der Waals surface area (Å²) in [5.41, 5.74) is 0.167. The minimum atomic E-state index is 0.167. The summed E-state index contributed by atoms with van der Waals surface area (Å²) in [7, 11) is 0. The van der Waals surface area contributed by atoms with Gasteiger partial charge in [0.2, 0.25) is 0 Å². The maximum absolute atomic E-state index is 5.47. The molecule has 0 unspecified atom stereocenters. The normalized spacial score (nSPS) is 33.0. The maximum Gasteiger partial charge on any atom is 0.119 e. The van der Waals surface area contributed by atoms with Crippen molar-refractivity contribution in [1.29, 1.82) is 0 Å². The highest BCUT2D eigenvalue weighted by molar-refractivity contribution is 4.90. The Hall–Kier alpha value is -0.0800. The molecule has 1 saturated carbocycles. The van der Waals surface area contributed by atoms with Crippen LogP contribution in [0.2, 0.25) is 0 Å². The highest BCUT2D eigenvalue weighted by Gasteiger charge is 2.40. The fourth-order valence-corrected chi connectivity index (χ4v) is 1.40. The minimum Gasteiger partial charge on any atom is -0.359 e. The van der Waals surface area contributed by atoms with Gasteiger partial charge in [-0.05, 0) is 19.3 Å². The lowest BCUT2D eigenvalue weighted by atomic mass is 9.89. The van der Waals surface area contributed by atoms with E-state index >= 15 is 0 Å². The molecule has 1 saturated heterocycles. The van der Waals surface area contributed by atoms with Crippen LogP contribution in [0.15, 0.2) is 0 Å². The Morgan fingerprint density at radius 3 is 2.50 bits per heavy atom. The van der Waals surface area contributed by atoms with Crippen LogP contribution in [0.3, 0.4) is 0 Å². The molecule has 0 bridgehead atoms. The van der Waals surface area contributed by atoms with Crippen LogP contribution < -0.4 is 5.32 Å². The molecule has 2 nitrogen and oxygen atoms in total. The summed E-state index contributed by atoms with van der Waals surface area (Å²) in [4.78, 5) is 0. The lowest BCUT2D eigenvalue weighted by molar-refractivity contribution is -0.0707. The number of hydrogen-bond donors (Lipinski definition) is 1. The van der Waals surface area contributed by atoms with Crippen LogP contribution in [0.1, 0.15) is 19.3 Å². The number of ether oxygens (including phenoxy) is 1. The van der Waals surface area contributed by atoms with E-state index in [1.54, 1.807) is 0 Å². The van der Waals surface area contributed by atoms with Crippen LogP contribution in [0.5, 0.6) is 0 Å². The molecule has 0 amide bonds. The average molecular weight is 113 g/mol. The zero-order valence-electron chi connectivity index (χ0n) is 4.94. The molecular weight excluding hydrogens is 102 g/mol. The first-order valence-corrected chi connectivity index (χ1v) is 3.30. The van der Waals surface area contributed by atoms with Gasteiger partial charge in [0, 0.05) is 6.54 Å². The van der Waals surface area contributed by atoms with Crippen LogP contribution in [0.4, 0.5) is 0 Å². The van der Waals surface area contributed by atoms with E-state index in [0.29, 0.717) is 0 Å². The molecule has 46 valence electrons. The van der Waals surface area contributed by atoms with E-state index in [4.69, 9.17) is 4.74 Å². The summed E-state index contributed by atoms with van der Waals surface area (Å²) < 4.78 is 5.47. The van der Waals surface area contributed by atoms with E-state index in [1.165, 1.54) is 19.3 Å². The maximum atomic E-state index is 5.47. The summed E-state index contributed by atoms with van der Waals surface area (Å²) in [6.07, 6.45) is 3.80. The molecule has 0 aromatic carbocycles. The van der Waals surface area contributed by atoms with Crippen molar-refractivity contribution in [2.45, 2.75) is 25.0 Å². The molecule has 2 aliphatic rings. The standard InChI is InChI=1S/C6H11NO/c1-2-6(3-1)7-4-5-8-6/h7H,1-5H2. The van der Waals surface area contributed by atoms with Crippen molar-refractivity contribution < 1.29 is 4.74 Å². The van der Waals surface area contributed by atoms with Gasteiger partial charge in [-0.1, -0.05) is 0 Å². The largest absolute Gasteiger partial charge is 0.359 e. The molecule has 2 heteroatoms. The van der Waals surface area contributed by atoms with Gasteiger partial charge in [0.1, 0.15) is 5.72 Å². The van der Waals surface area contributed by atoms with Gasteiger partial charge in [0.15, 0.2) is 0 Å². The van der Waals surface area contributed by atoms with Crippen molar-refractivity contribution in [2.75, 3.05) is 13.2 Å². The number of rotatable bonds is 0. The van der Waals surface area contributed by atoms with E-state index in [-0.39, 0.29) is 5.72 Å². The van der Waals surface area contributed by atoms with Crippen molar-refractivity contribution in [3.05, 3.63) is 0 Å². The van der Waals surface area contributed by atoms with Gasteiger partial charge in [-0.2, -0.15) is 0 Å². The molecule has 0 aromatic rings. The third kappa shape index (κ3) is 0.501. The van der Waals surface area contributed by atoms with E-state index in [0.717, 1.165) is 13.2 Å². The van der Waals surface area contributed by atoms with E-state index in [2.05, 4.69) is 5.32 Å². The highest BCUT2D eigenvalue weighted by atomic mass is 16.5. The Labute approximate surface area is 49.2 Å². The summed E-state index contributed by atoms with van der Waals surface area (Å²) in [6.45, 7) is 1.97. The third-order valence-electron chi connectivity index (χ3n) is 2.09. The van der Waals surface area contributed by atoms with Crippen molar-refractivity contribution in [2.24, 2.45) is 0 Å². The van der Waals surface area contributed by atoms with Crippen molar-refractivity contribution >= 4 is 0 Å². The zero-order valence-corrected chi connectivity index (χ0v) is 4.94. The molecule has 1 heterocycles.